The van der Waals surface area contributed by atoms with E-state index in [1.165, 1.54) is 25.9 Å². The fraction of sp³-hybridized carbons (Fsp3) is 0.400. The molecular formula is C20H23N3OS. The van der Waals surface area contributed by atoms with Gasteiger partial charge in [0.1, 0.15) is 0 Å². The smallest absolute Gasteiger partial charge is 0.251 e. The van der Waals surface area contributed by atoms with Gasteiger partial charge in [0.05, 0.1) is 0 Å². The monoisotopic (exact) mass is 353 g/mol. The van der Waals surface area contributed by atoms with Crippen LogP contribution in [0.15, 0.2) is 52.4 Å². The highest BCUT2D eigenvalue weighted by atomic mass is 32.2. The second-order valence-corrected chi connectivity index (χ2v) is 8.12. The summed E-state index contributed by atoms with van der Waals surface area (Å²) in [6.45, 7) is 5.38. The molecule has 130 valence electrons. The molecule has 0 spiro atoms. The Morgan fingerprint density at radius 2 is 1.92 bits per heavy atom. The number of piperidine rings is 3. The lowest BCUT2D eigenvalue weighted by Gasteiger charge is -2.44. The van der Waals surface area contributed by atoms with E-state index in [2.05, 4.69) is 21.3 Å². The Labute approximate surface area is 153 Å². The van der Waals surface area contributed by atoms with Gasteiger partial charge in [0, 0.05) is 39.8 Å². The molecule has 0 radical (unpaired) electrons. The molecule has 5 rings (SSSR count). The van der Waals surface area contributed by atoms with Crippen LogP contribution in [-0.2, 0) is 0 Å². The van der Waals surface area contributed by atoms with Crippen molar-refractivity contribution in [2.75, 3.05) is 19.6 Å². The quantitative estimate of drug-likeness (QED) is 0.915. The molecule has 1 aromatic carbocycles. The first-order valence-corrected chi connectivity index (χ1v) is 9.73. The van der Waals surface area contributed by atoms with Crippen LogP contribution in [-0.4, -0.2) is 41.5 Å². The molecule has 1 atom stereocenters. The Morgan fingerprint density at radius 3 is 2.56 bits per heavy atom. The largest absolute Gasteiger partial charge is 0.348 e. The maximum Gasteiger partial charge on any atom is 0.251 e. The molecule has 25 heavy (non-hydrogen) atoms. The number of carbonyl (C=O) groups is 1. The third kappa shape index (κ3) is 3.88. The Balaban J connectivity index is 1.39. The number of aryl methyl sites for hydroxylation is 1. The lowest BCUT2D eigenvalue weighted by atomic mass is 9.84. The van der Waals surface area contributed by atoms with E-state index in [0.29, 0.717) is 12.0 Å². The summed E-state index contributed by atoms with van der Waals surface area (Å²) < 4.78 is 0. The average Bonchev–Trinajstić information content (AvgIpc) is 2.63. The highest BCUT2D eigenvalue weighted by molar-refractivity contribution is 7.99. The molecule has 1 N–H and O–H groups in total. The summed E-state index contributed by atoms with van der Waals surface area (Å²) in [5.41, 5.74) is 1.75. The zero-order valence-electron chi connectivity index (χ0n) is 14.4. The standard InChI is InChI=1S/C20H23N3OS/c1-14-12-18(6-9-21-14)25-17-4-2-16(3-5-17)20(24)22-19-13-23-10-7-15(19)8-11-23/h2-6,9,12,15,19H,7-8,10-11,13H2,1H3,(H,22,24)/t19-/m0/s1. The zero-order chi connectivity index (χ0) is 17.2. The number of hydrogen-bond donors (Lipinski definition) is 1. The number of pyridine rings is 1. The fourth-order valence-electron chi connectivity index (χ4n) is 3.77. The van der Waals surface area contributed by atoms with E-state index in [1.807, 2.05) is 43.5 Å². The number of benzene rings is 1. The van der Waals surface area contributed by atoms with Crippen molar-refractivity contribution in [3.05, 3.63) is 53.9 Å². The predicted molar refractivity (Wildman–Crippen MR) is 100.0 cm³/mol. The zero-order valence-corrected chi connectivity index (χ0v) is 15.3. The number of carbonyl (C=O) groups excluding carboxylic acids is 1. The molecule has 0 saturated carbocycles. The van der Waals surface area contributed by atoms with Gasteiger partial charge < -0.3 is 10.2 Å². The summed E-state index contributed by atoms with van der Waals surface area (Å²) in [6, 6.07) is 12.3. The van der Waals surface area contributed by atoms with Crippen LogP contribution in [0.4, 0.5) is 0 Å². The SMILES string of the molecule is Cc1cc(Sc2ccc(C(=O)N[C@H]3CN4CCC3CC4)cc2)ccn1. The van der Waals surface area contributed by atoms with Gasteiger partial charge in [0.25, 0.3) is 5.91 Å². The molecule has 3 fully saturated rings. The molecule has 3 saturated heterocycles. The minimum absolute atomic E-state index is 0.0510. The van der Waals surface area contributed by atoms with Crippen molar-refractivity contribution in [3.8, 4) is 0 Å². The van der Waals surface area contributed by atoms with Gasteiger partial charge in [-0.05, 0) is 75.2 Å². The minimum Gasteiger partial charge on any atom is -0.348 e. The van der Waals surface area contributed by atoms with Crippen LogP contribution < -0.4 is 5.32 Å². The van der Waals surface area contributed by atoms with E-state index in [4.69, 9.17) is 0 Å². The van der Waals surface area contributed by atoms with E-state index in [1.54, 1.807) is 11.8 Å². The summed E-state index contributed by atoms with van der Waals surface area (Å²) in [6.07, 6.45) is 4.26. The molecule has 3 aliphatic rings. The van der Waals surface area contributed by atoms with Crippen LogP contribution in [0.25, 0.3) is 0 Å². The van der Waals surface area contributed by atoms with Gasteiger partial charge in [-0.1, -0.05) is 11.8 Å². The Hall–Kier alpha value is -1.85. The first kappa shape index (κ1) is 16.6. The highest BCUT2D eigenvalue weighted by Gasteiger charge is 2.34. The molecule has 0 unspecified atom stereocenters. The lowest BCUT2D eigenvalue weighted by molar-refractivity contribution is 0.0620. The van der Waals surface area contributed by atoms with Crippen molar-refractivity contribution in [1.29, 1.82) is 0 Å². The van der Waals surface area contributed by atoms with Crippen molar-refractivity contribution >= 4 is 17.7 Å². The maximum absolute atomic E-state index is 12.6. The normalized spacial score (nSPS) is 24.9. The van der Waals surface area contributed by atoms with Gasteiger partial charge in [-0.15, -0.1) is 0 Å². The van der Waals surface area contributed by atoms with Gasteiger partial charge >= 0.3 is 0 Å². The second kappa shape index (κ2) is 7.18. The molecule has 1 aromatic heterocycles. The van der Waals surface area contributed by atoms with Crippen LogP contribution in [0.5, 0.6) is 0 Å². The second-order valence-electron chi connectivity index (χ2n) is 6.98. The predicted octanol–water partition coefficient (Wildman–Crippen LogP) is 3.37. The summed E-state index contributed by atoms with van der Waals surface area (Å²) in [4.78, 5) is 21.5. The number of nitrogens with one attached hydrogen (secondary N) is 1. The van der Waals surface area contributed by atoms with Crippen LogP contribution in [0.2, 0.25) is 0 Å². The summed E-state index contributed by atoms with van der Waals surface area (Å²) in [5.74, 6) is 0.703. The first-order valence-electron chi connectivity index (χ1n) is 8.91. The van der Waals surface area contributed by atoms with Crippen LogP contribution in [0.3, 0.4) is 0 Å². The number of rotatable bonds is 4. The van der Waals surface area contributed by atoms with E-state index < -0.39 is 0 Å². The van der Waals surface area contributed by atoms with E-state index in [9.17, 15) is 4.79 Å². The number of nitrogens with zero attached hydrogens (tertiary/aromatic N) is 2. The molecule has 0 aliphatic carbocycles. The third-order valence-corrected chi connectivity index (χ3v) is 6.19. The Kier molecular flexibility index (Phi) is 4.77. The van der Waals surface area contributed by atoms with Crippen LogP contribution in [0, 0.1) is 12.8 Å². The van der Waals surface area contributed by atoms with E-state index >= 15 is 0 Å². The molecule has 3 aliphatic heterocycles. The van der Waals surface area contributed by atoms with Crippen LogP contribution >= 0.6 is 11.8 Å². The minimum atomic E-state index is 0.0510. The molecule has 2 aromatic rings. The molecule has 2 bridgehead atoms. The topological polar surface area (TPSA) is 45.2 Å². The van der Waals surface area contributed by atoms with Crippen molar-refractivity contribution in [1.82, 2.24) is 15.2 Å². The highest BCUT2D eigenvalue weighted by Crippen LogP contribution is 2.29. The third-order valence-electron chi connectivity index (χ3n) is 5.19. The van der Waals surface area contributed by atoms with Crippen molar-refractivity contribution in [2.45, 2.75) is 35.6 Å². The molecule has 5 heteroatoms. The van der Waals surface area contributed by atoms with Gasteiger partial charge in [-0.2, -0.15) is 0 Å². The molecule has 4 nitrogen and oxygen atoms in total. The van der Waals surface area contributed by atoms with E-state index in [0.717, 1.165) is 27.6 Å². The van der Waals surface area contributed by atoms with Crippen molar-refractivity contribution < 1.29 is 4.79 Å². The summed E-state index contributed by atoms with van der Waals surface area (Å²) in [5, 5.41) is 3.25. The first-order chi connectivity index (χ1) is 12.2. The van der Waals surface area contributed by atoms with Crippen molar-refractivity contribution in [2.24, 2.45) is 5.92 Å². The average molecular weight is 353 g/mol. The fourth-order valence-corrected chi connectivity index (χ4v) is 4.68. The van der Waals surface area contributed by atoms with Gasteiger partial charge in [0.15, 0.2) is 0 Å². The van der Waals surface area contributed by atoms with Gasteiger partial charge in [-0.25, -0.2) is 0 Å². The number of aromatic nitrogens is 1. The van der Waals surface area contributed by atoms with Gasteiger partial charge in [0.2, 0.25) is 0 Å². The molecular weight excluding hydrogens is 330 g/mol. The summed E-state index contributed by atoms with van der Waals surface area (Å²) >= 11 is 1.69. The van der Waals surface area contributed by atoms with Crippen LogP contribution in [0.1, 0.15) is 28.9 Å². The number of fused-ring (bicyclic) bond motifs is 3. The lowest BCUT2D eigenvalue weighted by Crippen LogP contribution is -2.57. The summed E-state index contributed by atoms with van der Waals surface area (Å²) in [7, 11) is 0. The number of hydrogen-bond acceptors (Lipinski definition) is 4. The maximum atomic E-state index is 12.6. The molecule has 1 amide bonds. The Morgan fingerprint density at radius 1 is 1.16 bits per heavy atom. The van der Waals surface area contributed by atoms with Crippen molar-refractivity contribution in [3.63, 3.8) is 0 Å². The van der Waals surface area contributed by atoms with Gasteiger partial charge in [-0.3, -0.25) is 9.78 Å². The van der Waals surface area contributed by atoms with E-state index in [-0.39, 0.29) is 5.91 Å². The Bertz CT molecular complexity index is 754. The number of amides is 1. The molecule has 4 heterocycles.